The van der Waals surface area contributed by atoms with Gasteiger partial charge in [-0.15, -0.1) is 0 Å². The lowest BCUT2D eigenvalue weighted by Gasteiger charge is -2.25. The van der Waals surface area contributed by atoms with Crippen LogP contribution in [0.5, 0.6) is 0 Å². The third-order valence-corrected chi connectivity index (χ3v) is 3.17. The molecule has 19 heavy (non-hydrogen) atoms. The van der Waals surface area contributed by atoms with E-state index in [0.29, 0.717) is 21.7 Å². The third-order valence-electron chi connectivity index (χ3n) is 2.96. The number of nitrogens with zero attached hydrogens (tertiary/aromatic N) is 2. The van der Waals surface area contributed by atoms with Crippen LogP contribution in [0, 0.1) is 11.3 Å². The first-order valence-corrected chi connectivity index (χ1v) is 5.97. The van der Waals surface area contributed by atoms with Gasteiger partial charge in [0.25, 0.3) is 0 Å². The molecule has 0 saturated heterocycles. The van der Waals surface area contributed by atoms with Crippen molar-refractivity contribution < 1.29 is 5.11 Å². The number of aliphatic hydroxyl groups is 1. The number of nitriles is 1. The molecule has 0 aliphatic heterocycles. The summed E-state index contributed by atoms with van der Waals surface area (Å²) in [5, 5.41) is 20.0. The molecule has 1 unspecified atom stereocenters. The van der Waals surface area contributed by atoms with Crippen LogP contribution in [0.2, 0.25) is 5.02 Å². The number of rotatable bonds is 2. The average molecular weight is 274 g/mol. The van der Waals surface area contributed by atoms with E-state index in [2.05, 4.69) is 4.98 Å². The van der Waals surface area contributed by atoms with Crippen LogP contribution in [0.1, 0.15) is 23.6 Å². The first-order valence-electron chi connectivity index (χ1n) is 5.59. The predicted molar refractivity (Wildman–Crippen MR) is 73.5 cm³/mol. The van der Waals surface area contributed by atoms with Crippen molar-refractivity contribution in [1.82, 2.24) is 4.98 Å². The van der Waals surface area contributed by atoms with E-state index >= 15 is 0 Å². The predicted octanol–water partition coefficient (Wildman–Crippen LogP) is 2.44. The first-order chi connectivity index (χ1) is 8.95. The highest BCUT2D eigenvalue weighted by Gasteiger charge is 2.29. The van der Waals surface area contributed by atoms with E-state index in [1.807, 2.05) is 6.07 Å². The maximum Gasteiger partial charge on any atom is 0.129 e. The lowest BCUT2D eigenvalue weighted by atomic mass is 9.88. The Bertz CT molecular complexity index is 662. The van der Waals surface area contributed by atoms with Gasteiger partial charge in [0, 0.05) is 11.8 Å². The van der Waals surface area contributed by atoms with Crippen molar-refractivity contribution in [1.29, 1.82) is 5.26 Å². The molecule has 3 N–H and O–H groups in total. The summed E-state index contributed by atoms with van der Waals surface area (Å²) in [7, 11) is 0. The summed E-state index contributed by atoms with van der Waals surface area (Å²) in [4.78, 5) is 3.93. The molecule has 0 aliphatic carbocycles. The van der Waals surface area contributed by atoms with Gasteiger partial charge in [-0.1, -0.05) is 23.7 Å². The summed E-state index contributed by atoms with van der Waals surface area (Å²) in [6.45, 7) is 1.59. The van der Waals surface area contributed by atoms with Gasteiger partial charge in [0.05, 0.1) is 16.7 Å². The van der Waals surface area contributed by atoms with E-state index in [1.54, 1.807) is 37.3 Å². The van der Waals surface area contributed by atoms with Gasteiger partial charge < -0.3 is 10.8 Å². The number of hydrogen-bond acceptors (Lipinski definition) is 4. The smallest absolute Gasteiger partial charge is 0.129 e. The summed E-state index contributed by atoms with van der Waals surface area (Å²) in [5.74, 6) is 0.205. The Balaban J connectivity index is 2.58. The highest BCUT2D eigenvalue weighted by Crippen LogP contribution is 2.33. The monoisotopic (exact) mass is 273 g/mol. The Kier molecular flexibility index (Phi) is 3.43. The standard InChI is InChI=1S/C14H12ClN3O/c1-14(19,10-4-2-3-9(5-10)7-16)12-6-11(15)8-18-13(12)17/h2-6,8,19H,1H3,(H2,17,18). The minimum absolute atomic E-state index is 0.205. The molecule has 0 amide bonds. The summed E-state index contributed by atoms with van der Waals surface area (Å²) >= 11 is 5.89. The van der Waals surface area contributed by atoms with Crippen LogP contribution in [0.4, 0.5) is 5.82 Å². The summed E-state index contributed by atoms with van der Waals surface area (Å²) in [5.41, 5.74) is 5.86. The lowest BCUT2D eigenvalue weighted by Crippen LogP contribution is -2.24. The molecule has 0 spiro atoms. The zero-order valence-corrected chi connectivity index (χ0v) is 11.0. The number of nitrogen functional groups attached to an aromatic ring is 1. The Morgan fingerprint density at radius 2 is 2.16 bits per heavy atom. The Labute approximate surface area is 116 Å². The molecule has 1 heterocycles. The maximum absolute atomic E-state index is 10.7. The first kappa shape index (κ1) is 13.3. The second kappa shape index (κ2) is 4.88. The molecule has 4 nitrogen and oxygen atoms in total. The molecule has 96 valence electrons. The molecule has 0 saturated carbocycles. The summed E-state index contributed by atoms with van der Waals surface area (Å²) in [6, 6.07) is 10.3. The number of nitrogens with two attached hydrogens (primary N) is 1. The molecule has 1 aromatic heterocycles. The van der Waals surface area contributed by atoms with E-state index in [0.717, 1.165) is 0 Å². The molecule has 1 aromatic carbocycles. The molecular formula is C14H12ClN3O. The molecule has 0 aliphatic rings. The topological polar surface area (TPSA) is 82.9 Å². The van der Waals surface area contributed by atoms with E-state index in [-0.39, 0.29) is 5.82 Å². The Morgan fingerprint density at radius 3 is 2.84 bits per heavy atom. The number of hydrogen-bond donors (Lipinski definition) is 2. The van der Waals surface area contributed by atoms with Gasteiger partial charge in [0.1, 0.15) is 11.4 Å². The largest absolute Gasteiger partial charge is 0.383 e. The van der Waals surface area contributed by atoms with Crippen molar-refractivity contribution in [2.45, 2.75) is 12.5 Å². The van der Waals surface area contributed by atoms with Gasteiger partial charge in [0.2, 0.25) is 0 Å². The molecule has 2 aromatic rings. The van der Waals surface area contributed by atoms with E-state index < -0.39 is 5.60 Å². The van der Waals surface area contributed by atoms with Crippen LogP contribution in [0.15, 0.2) is 36.5 Å². The van der Waals surface area contributed by atoms with Crippen LogP contribution in [-0.4, -0.2) is 10.1 Å². The highest BCUT2D eigenvalue weighted by molar-refractivity contribution is 6.30. The molecule has 1 atom stereocenters. The third kappa shape index (κ3) is 2.53. The zero-order valence-electron chi connectivity index (χ0n) is 10.3. The summed E-state index contributed by atoms with van der Waals surface area (Å²) < 4.78 is 0. The van der Waals surface area contributed by atoms with Gasteiger partial charge in [0.15, 0.2) is 0 Å². The maximum atomic E-state index is 10.7. The minimum Gasteiger partial charge on any atom is -0.383 e. The van der Waals surface area contributed by atoms with Crippen LogP contribution < -0.4 is 5.73 Å². The number of halogens is 1. The van der Waals surface area contributed by atoms with Crippen LogP contribution >= 0.6 is 11.6 Å². The van der Waals surface area contributed by atoms with E-state index in [4.69, 9.17) is 22.6 Å². The van der Waals surface area contributed by atoms with Crippen molar-refractivity contribution >= 4 is 17.4 Å². The molecule has 2 rings (SSSR count). The minimum atomic E-state index is -1.37. The molecule has 0 radical (unpaired) electrons. The van der Waals surface area contributed by atoms with Gasteiger partial charge in [-0.25, -0.2) is 4.98 Å². The Morgan fingerprint density at radius 1 is 1.42 bits per heavy atom. The van der Waals surface area contributed by atoms with Gasteiger partial charge in [-0.05, 0) is 30.7 Å². The highest BCUT2D eigenvalue weighted by atomic mass is 35.5. The zero-order chi connectivity index (χ0) is 14.0. The Hall–Kier alpha value is -2.09. The molecule has 0 bridgehead atoms. The van der Waals surface area contributed by atoms with Crippen LogP contribution in [0.25, 0.3) is 0 Å². The summed E-state index contributed by atoms with van der Waals surface area (Å²) in [6.07, 6.45) is 1.42. The SMILES string of the molecule is CC(O)(c1cccc(C#N)c1)c1cc(Cl)cnc1N. The van der Waals surface area contributed by atoms with E-state index in [1.165, 1.54) is 6.20 Å². The quantitative estimate of drug-likeness (QED) is 0.880. The van der Waals surface area contributed by atoms with Crippen molar-refractivity contribution in [3.63, 3.8) is 0 Å². The second-order valence-corrected chi connectivity index (χ2v) is 4.79. The van der Waals surface area contributed by atoms with Gasteiger partial charge >= 0.3 is 0 Å². The second-order valence-electron chi connectivity index (χ2n) is 4.35. The number of pyridine rings is 1. The van der Waals surface area contributed by atoms with Crippen molar-refractivity contribution in [2.75, 3.05) is 5.73 Å². The fourth-order valence-electron chi connectivity index (χ4n) is 1.89. The molecule has 5 heteroatoms. The number of aromatic nitrogens is 1. The van der Waals surface area contributed by atoms with E-state index in [9.17, 15) is 5.11 Å². The van der Waals surface area contributed by atoms with Gasteiger partial charge in [-0.3, -0.25) is 0 Å². The van der Waals surface area contributed by atoms with Gasteiger partial charge in [-0.2, -0.15) is 5.26 Å². The van der Waals surface area contributed by atoms with Crippen LogP contribution in [0.3, 0.4) is 0 Å². The normalized spacial score (nSPS) is 13.6. The molecular weight excluding hydrogens is 262 g/mol. The van der Waals surface area contributed by atoms with Crippen molar-refractivity contribution in [2.24, 2.45) is 0 Å². The van der Waals surface area contributed by atoms with Crippen molar-refractivity contribution in [3.05, 3.63) is 58.2 Å². The average Bonchev–Trinajstić information content (AvgIpc) is 2.41. The van der Waals surface area contributed by atoms with Crippen LogP contribution in [-0.2, 0) is 5.60 Å². The fourth-order valence-corrected chi connectivity index (χ4v) is 2.04. The fraction of sp³-hybridized carbons (Fsp3) is 0.143. The molecule has 0 fully saturated rings. The van der Waals surface area contributed by atoms with Crippen molar-refractivity contribution in [3.8, 4) is 6.07 Å². The lowest BCUT2D eigenvalue weighted by molar-refractivity contribution is 0.103. The number of benzene rings is 1. The number of anilines is 1.